The highest BCUT2D eigenvalue weighted by molar-refractivity contribution is 5.98. The fourth-order valence-corrected chi connectivity index (χ4v) is 9.97. The number of carbonyl (C=O) groups excluding carboxylic acids is 8. The Hall–Kier alpha value is -5.46. The number of benzene rings is 1. The van der Waals surface area contributed by atoms with Crippen LogP contribution in [0.5, 0.6) is 5.75 Å². The van der Waals surface area contributed by atoms with Crippen LogP contribution in [0.1, 0.15) is 136 Å². The number of carbonyl (C=O) groups is 8. The van der Waals surface area contributed by atoms with E-state index in [2.05, 4.69) is 47.4 Å². The standard InChI is InChI=1S/C51H82N8O15/c1-6-27(2)22-28(3)14-11-9-7-8-10-12-16-38(65)54-34-15-13-21-53-49(72)42-43(66)29(4)25-59(42)51(74)40(36(63)24-37(52)64)56-48(71)41(45(68)44(67)31-17-19-32(61)20-18-31)57-47(70)35-23-33(62)26-58(35)50(73)39(30(5)60)55-46(34)69/h17-20,27-30,33-36,39-45,60-63,66-68H,6-16,21-26H2,1-5H3,(H2,52,64)(H,53,72)(H,54,65)(H,55,69)(H,56,71)(H,57,70). The quantitative estimate of drug-likeness (QED) is 0.0670. The second-order valence-corrected chi connectivity index (χ2v) is 20.8. The summed E-state index contributed by atoms with van der Waals surface area (Å²) in [6, 6.07) is -6.12. The fraction of sp³-hybridized carbons (Fsp3) is 0.725. The van der Waals surface area contributed by atoms with Crippen molar-refractivity contribution in [1.82, 2.24) is 36.4 Å². The van der Waals surface area contributed by atoms with Crippen LogP contribution in [-0.4, -0.2) is 179 Å². The van der Waals surface area contributed by atoms with Gasteiger partial charge in [0.15, 0.2) is 0 Å². The first kappa shape index (κ1) is 61.1. The molecule has 0 spiro atoms. The third-order valence-corrected chi connectivity index (χ3v) is 14.5. The van der Waals surface area contributed by atoms with E-state index in [-0.39, 0.29) is 43.7 Å². The number of aliphatic hydroxyl groups excluding tert-OH is 6. The van der Waals surface area contributed by atoms with Crippen molar-refractivity contribution in [3.05, 3.63) is 29.8 Å². The lowest BCUT2D eigenvalue weighted by atomic mass is 9.91. The zero-order valence-electron chi connectivity index (χ0n) is 43.4. The molecule has 0 aromatic heterocycles. The van der Waals surface area contributed by atoms with Crippen molar-refractivity contribution < 1.29 is 74.1 Å². The minimum absolute atomic E-state index is 0.00989. The molecule has 3 aliphatic rings. The van der Waals surface area contributed by atoms with E-state index in [0.717, 1.165) is 54.0 Å². The molecule has 8 amide bonds. The maximum atomic E-state index is 14.5. The zero-order valence-corrected chi connectivity index (χ0v) is 43.4. The van der Waals surface area contributed by atoms with E-state index in [1.807, 2.05) is 0 Å². The highest BCUT2D eigenvalue weighted by Crippen LogP contribution is 2.28. The molecular weight excluding hydrogens is 965 g/mol. The molecule has 4 rings (SSSR count). The predicted octanol–water partition coefficient (Wildman–Crippen LogP) is -1.38. The summed E-state index contributed by atoms with van der Waals surface area (Å²) in [5.74, 6) is -7.91. The van der Waals surface area contributed by atoms with Gasteiger partial charge >= 0.3 is 0 Å². The van der Waals surface area contributed by atoms with Crippen LogP contribution in [0.3, 0.4) is 0 Å². The summed E-state index contributed by atoms with van der Waals surface area (Å²) in [5, 5.41) is 89.5. The number of fused-ring (bicyclic) bond motifs is 2. The van der Waals surface area contributed by atoms with Crippen LogP contribution in [0.15, 0.2) is 24.3 Å². The lowest BCUT2D eigenvalue weighted by molar-refractivity contribution is -0.148. The number of amides is 8. The Morgan fingerprint density at radius 3 is 2.01 bits per heavy atom. The molecule has 74 heavy (non-hydrogen) atoms. The minimum Gasteiger partial charge on any atom is -0.508 e. The van der Waals surface area contributed by atoms with Gasteiger partial charge in [-0.3, -0.25) is 38.4 Å². The van der Waals surface area contributed by atoms with Crippen molar-refractivity contribution in [2.75, 3.05) is 19.6 Å². The Balaban J connectivity index is 1.66. The molecule has 1 aromatic rings. The van der Waals surface area contributed by atoms with Crippen LogP contribution in [-0.2, 0) is 38.4 Å². The van der Waals surface area contributed by atoms with E-state index in [1.54, 1.807) is 0 Å². The van der Waals surface area contributed by atoms with Crippen LogP contribution in [0.2, 0.25) is 0 Å². The molecule has 3 fully saturated rings. The fourth-order valence-electron chi connectivity index (χ4n) is 9.97. The van der Waals surface area contributed by atoms with E-state index in [1.165, 1.54) is 45.2 Å². The van der Waals surface area contributed by atoms with E-state index < -0.39 is 145 Å². The molecule has 3 saturated heterocycles. The maximum absolute atomic E-state index is 14.5. The topological polar surface area (TPSA) is 371 Å². The Morgan fingerprint density at radius 2 is 1.38 bits per heavy atom. The number of nitrogens with two attached hydrogens (primary N) is 1. The van der Waals surface area contributed by atoms with Crippen molar-refractivity contribution in [3.8, 4) is 5.75 Å². The van der Waals surface area contributed by atoms with Crippen LogP contribution < -0.4 is 32.3 Å². The van der Waals surface area contributed by atoms with Crippen molar-refractivity contribution in [3.63, 3.8) is 0 Å². The van der Waals surface area contributed by atoms with Crippen molar-refractivity contribution in [1.29, 1.82) is 0 Å². The zero-order chi connectivity index (χ0) is 55.0. The lowest BCUT2D eigenvalue weighted by Crippen LogP contribution is -2.64. The van der Waals surface area contributed by atoms with Gasteiger partial charge in [-0.25, -0.2) is 0 Å². The van der Waals surface area contributed by atoms with Gasteiger partial charge in [0.1, 0.15) is 54.2 Å². The summed E-state index contributed by atoms with van der Waals surface area (Å²) < 4.78 is 0. The van der Waals surface area contributed by atoms with Crippen LogP contribution in [0, 0.1) is 17.8 Å². The van der Waals surface area contributed by atoms with Gasteiger partial charge in [0.2, 0.25) is 47.3 Å². The molecule has 0 radical (unpaired) electrons. The SMILES string of the molecule is CCC(C)CC(C)CCCCCCCCC(=O)NC1CCCNC(=O)C2C(O)C(C)CN2C(=O)C(C(O)CC(N)=O)NC(=O)C(C(O)C(O)c2ccc(O)cc2)NC(=O)C2CC(O)CN2C(=O)C(C(C)O)NC1=O. The molecule has 0 bridgehead atoms. The average Bonchev–Trinajstić information content (AvgIpc) is 3.89. The molecule has 1 aromatic carbocycles. The molecule has 3 aliphatic heterocycles. The number of aliphatic hydroxyl groups is 6. The Bertz CT molecular complexity index is 2060. The normalized spacial score (nSPS) is 28.2. The number of phenols is 1. The van der Waals surface area contributed by atoms with E-state index in [0.29, 0.717) is 18.3 Å². The van der Waals surface area contributed by atoms with Gasteiger partial charge < -0.3 is 77.9 Å². The summed E-state index contributed by atoms with van der Waals surface area (Å²) in [7, 11) is 0. The Morgan fingerprint density at radius 1 is 0.770 bits per heavy atom. The third-order valence-electron chi connectivity index (χ3n) is 14.5. The monoisotopic (exact) mass is 1050 g/mol. The Labute approximate surface area is 432 Å². The van der Waals surface area contributed by atoms with Gasteiger partial charge in [0.05, 0.1) is 30.8 Å². The van der Waals surface area contributed by atoms with E-state index >= 15 is 0 Å². The Kier molecular flexibility index (Phi) is 23.9. The summed E-state index contributed by atoms with van der Waals surface area (Å²) >= 11 is 0. The number of hydrogen-bond acceptors (Lipinski definition) is 15. The van der Waals surface area contributed by atoms with E-state index in [4.69, 9.17) is 5.73 Å². The number of aromatic hydroxyl groups is 1. The average molecular weight is 1050 g/mol. The number of phenolic OH excluding ortho intramolecular Hbond substituents is 1. The smallest absolute Gasteiger partial charge is 0.248 e. The largest absolute Gasteiger partial charge is 0.508 e. The highest BCUT2D eigenvalue weighted by Gasteiger charge is 2.50. The summed E-state index contributed by atoms with van der Waals surface area (Å²) in [6.07, 6.45) is -3.36. The number of primary amides is 1. The van der Waals surface area contributed by atoms with Gasteiger partial charge in [-0.15, -0.1) is 0 Å². The van der Waals surface area contributed by atoms with Crippen LogP contribution in [0.4, 0.5) is 0 Å². The minimum atomic E-state index is -2.31. The number of nitrogens with zero attached hydrogens (tertiary/aromatic N) is 2. The number of hydrogen-bond donors (Lipinski definition) is 13. The van der Waals surface area contributed by atoms with Crippen LogP contribution >= 0.6 is 0 Å². The highest BCUT2D eigenvalue weighted by atomic mass is 16.3. The van der Waals surface area contributed by atoms with Gasteiger partial charge in [-0.2, -0.15) is 0 Å². The molecule has 23 nitrogen and oxygen atoms in total. The summed E-state index contributed by atoms with van der Waals surface area (Å²) in [5.41, 5.74) is 5.29. The second kappa shape index (κ2) is 29.0. The molecule has 23 heteroatoms. The van der Waals surface area contributed by atoms with Gasteiger partial charge in [0, 0.05) is 38.4 Å². The molecule has 3 heterocycles. The number of unbranched alkanes of at least 4 members (excludes halogenated alkanes) is 5. The molecule has 0 saturated carbocycles. The van der Waals surface area contributed by atoms with Gasteiger partial charge in [-0.05, 0) is 62.1 Å². The first-order valence-corrected chi connectivity index (χ1v) is 26.2. The number of nitrogens with one attached hydrogen (secondary N) is 5. The van der Waals surface area contributed by atoms with Gasteiger partial charge in [0.25, 0.3) is 0 Å². The molecular formula is C51H82N8O15. The van der Waals surface area contributed by atoms with Crippen molar-refractivity contribution in [2.24, 2.45) is 23.5 Å². The van der Waals surface area contributed by atoms with Gasteiger partial charge in [-0.1, -0.05) is 84.8 Å². The third kappa shape index (κ3) is 17.3. The first-order chi connectivity index (χ1) is 34.9. The first-order valence-electron chi connectivity index (χ1n) is 26.2. The lowest BCUT2D eigenvalue weighted by Gasteiger charge is -2.34. The summed E-state index contributed by atoms with van der Waals surface area (Å²) in [4.78, 5) is 113. The molecule has 15 unspecified atom stereocenters. The number of rotatable bonds is 20. The molecule has 0 aliphatic carbocycles. The van der Waals surface area contributed by atoms with E-state index in [9.17, 15) is 74.1 Å². The molecule has 416 valence electrons. The summed E-state index contributed by atoms with van der Waals surface area (Å²) in [6.45, 7) is 8.48. The molecule has 15 atom stereocenters. The predicted molar refractivity (Wildman–Crippen MR) is 268 cm³/mol. The maximum Gasteiger partial charge on any atom is 0.248 e. The second-order valence-electron chi connectivity index (χ2n) is 20.8. The van der Waals surface area contributed by atoms with Crippen LogP contribution in [0.25, 0.3) is 0 Å². The molecule has 14 N–H and O–H groups in total. The van der Waals surface area contributed by atoms with Crippen molar-refractivity contribution >= 4 is 47.3 Å². The van der Waals surface area contributed by atoms with Crippen molar-refractivity contribution in [2.45, 2.75) is 197 Å².